The van der Waals surface area contributed by atoms with Crippen molar-refractivity contribution in [1.82, 2.24) is 30.0 Å². The molecule has 1 radical (unpaired) electrons. The Morgan fingerprint density at radius 3 is 1.71 bits per heavy atom. The van der Waals surface area contributed by atoms with Gasteiger partial charge < -0.3 is 25.3 Å². The van der Waals surface area contributed by atoms with Crippen molar-refractivity contribution in [2.75, 3.05) is 39.3 Å². The maximum atomic E-state index is 13.2. The van der Waals surface area contributed by atoms with Gasteiger partial charge in [0, 0.05) is 129 Å². The Labute approximate surface area is 382 Å². The third-order valence-corrected chi connectivity index (χ3v) is 11.5. The number of aromatic amines is 2. The number of aromatic carboxylic acids is 1. The fraction of sp³-hybridized carbons (Fsp3) is 0.318. The smallest absolute Gasteiger partial charge is 0.337 e. The van der Waals surface area contributed by atoms with Crippen LogP contribution in [0.15, 0.2) is 97.3 Å². The minimum absolute atomic E-state index is 0. The minimum atomic E-state index is -1.01. The quantitative estimate of drug-likeness (QED) is 0.125. The molecule has 4 atom stereocenters. The van der Waals surface area contributed by atoms with Crippen LogP contribution in [-0.2, 0) is 0 Å². The van der Waals surface area contributed by atoms with Crippen LogP contribution >= 0.6 is 23.2 Å². The maximum absolute atomic E-state index is 13.2. The summed E-state index contributed by atoms with van der Waals surface area (Å²) >= 11 is 12.1. The van der Waals surface area contributed by atoms with Crippen molar-refractivity contribution in [2.45, 2.75) is 51.9 Å². The molecule has 0 bridgehead atoms. The predicted octanol–water partition coefficient (Wildman–Crippen LogP) is 8.65. The Balaban J connectivity index is 0.000000210. The first-order valence-corrected chi connectivity index (χ1v) is 19.8. The van der Waals surface area contributed by atoms with Gasteiger partial charge in [-0.05, 0) is 102 Å². The van der Waals surface area contributed by atoms with E-state index in [1.807, 2.05) is 53.6 Å². The van der Waals surface area contributed by atoms with E-state index in [2.05, 4.69) is 52.8 Å². The molecule has 8 rings (SSSR count). The fourth-order valence-corrected chi connectivity index (χ4v) is 7.98. The molecule has 1 amide bonds. The summed E-state index contributed by atoms with van der Waals surface area (Å²) in [6.45, 7) is 13.9. The average molecular weight is 1070 g/mol. The van der Waals surface area contributed by atoms with Crippen LogP contribution in [0.25, 0.3) is 21.8 Å². The molecule has 2 aliphatic heterocycles. The number of halogens is 4. The molecule has 0 aliphatic carbocycles. The normalized spacial score (nSPS) is 18.3. The molecule has 2 aliphatic rings. The third kappa shape index (κ3) is 12.0. The van der Waals surface area contributed by atoms with Gasteiger partial charge in [-0.2, -0.15) is 0 Å². The molecular weight excluding hydrogens is 1020 g/mol. The number of piperazine rings is 2. The zero-order valence-electron chi connectivity index (χ0n) is 35.5. The number of carboxylic acid groups (broad SMARTS) is 1. The van der Waals surface area contributed by atoms with E-state index >= 15 is 0 Å². The Hall–Kier alpha value is -3.66. The number of carboxylic acids is 1. The van der Waals surface area contributed by atoms with E-state index in [0.717, 1.165) is 60.1 Å². The van der Waals surface area contributed by atoms with Crippen molar-refractivity contribution in [3.8, 4) is 0 Å². The Kier molecular flexibility index (Phi) is 16.5. The number of aromatic nitrogens is 2. The summed E-state index contributed by atoms with van der Waals surface area (Å²) in [5.41, 5.74) is 4.71. The van der Waals surface area contributed by atoms with Crippen LogP contribution in [0, 0.1) is 42.7 Å². The summed E-state index contributed by atoms with van der Waals surface area (Å²) < 4.78 is 37.5. The van der Waals surface area contributed by atoms with Crippen molar-refractivity contribution in [3.63, 3.8) is 0 Å². The van der Waals surface area contributed by atoms with Crippen molar-refractivity contribution in [1.29, 1.82) is 2.67 Å². The summed E-state index contributed by atoms with van der Waals surface area (Å²) in [6, 6.07) is 25.2. The van der Waals surface area contributed by atoms with E-state index in [9.17, 15) is 18.4 Å². The van der Waals surface area contributed by atoms with Gasteiger partial charge in [0.05, 0.1) is 29.5 Å². The fourth-order valence-electron chi connectivity index (χ4n) is 7.49. The number of carbonyl (C=O) groups excluding carboxylic acids is 1. The number of rotatable bonds is 6. The average Bonchev–Trinajstić information content (AvgIpc) is 3.89. The SMILES string of the molecule is C[C@@H]1CN([C@H](C)c2ccc(F)cc2)CCN1.C[C@H](c1ccc(F)cc1)N1CCN(C(=O)c2cc3cc[nH]c3cc2Cl)[C@H](C)C1.O=C(O)c1cc2cc[nH]c2cc1Cl.[3H][B][3H].[U]. The van der Waals surface area contributed by atoms with Crippen molar-refractivity contribution < 1.29 is 54.6 Å². The van der Waals surface area contributed by atoms with Crippen LogP contribution in [0.5, 0.6) is 0 Å². The molecule has 2 fully saturated rings. The van der Waals surface area contributed by atoms with Crippen LogP contribution in [0.2, 0.25) is 10.0 Å². The first-order chi connectivity index (χ1) is 28.7. The molecule has 4 N–H and O–H groups in total. The monoisotopic (exact) mass is 1070 g/mol. The molecule has 0 spiro atoms. The number of nitrogens with one attached hydrogen (secondary N) is 3. The van der Waals surface area contributed by atoms with Crippen LogP contribution in [-0.4, -0.2) is 104 Å². The summed E-state index contributed by atoms with van der Waals surface area (Å²) in [6.07, 6.45) is 3.58. The van der Waals surface area contributed by atoms with Gasteiger partial charge in [-0.25, -0.2) is 13.6 Å². The number of amides is 1. The first kappa shape index (κ1) is 44.9. The van der Waals surface area contributed by atoms with Crippen molar-refractivity contribution in [2.24, 2.45) is 0 Å². The summed E-state index contributed by atoms with van der Waals surface area (Å²) in [5.74, 6) is -1.43. The number of carbonyl (C=O) groups is 2. The summed E-state index contributed by atoms with van der Waals surface area (Å²) in [5, 5.41) is 14.7. The molecule has 0 unspecified atom stereocenters. The van der Waals surface area contributed by atoms with Crippen LogP contribution in [0.1, 0.15) is 71.6 Å². The molecule has 9 nitrogen and oxygen atoms in total. The van der Waals surface area contributed by atoms with Gasteiger partial charge >= 0.3 is 5.97 Å². The standard InChI is InChI=1S/C22H23ClFN3O.C13H19FN2.C9H6ClNO2.BH2.U/c1-14-13-26(15(2)16-3-5-18(24)6-4-16)9-10-27(14)22(28)19-11-17-7-8-25-21(17)12-20(19)23;1-10-9-16(8-7-15-10)11(2)12-3-5-13(14)6-4-12;10-7-4-8-5(1-2-11-8)3-6(7)9(12)13;;/h3-8,11-12,14-15,25H,9-10,13H2,1-2H3;3-6,10-11,15H,7-9H2,1-2H3;1-4,11H,(H,12,13);1H2;/t14-,15-;10-,11-;;;/m11.../s1/i;;;1T2;. The first-order valence-electron chi connectivity index (χ1n) is 20.2. The molecule has 0 saturated carbocycles. The van der Waals surface area contributed by atoms with Gasteiger partial charge in [-0.15, -0.1) is 0 Å². The number of nitrogens with zero attached hydrogens (tertiary/aromatic N) is 3. The molecule has 2 aromatic heterocycles. The molecule has 59 heavy (non-hydrogen) atoms. The van der Waals surface area contributed by atoms with E-state index in [4.69, 9.17) is 31.0 Å². The predicted molar refractivity (Wildman–Crippen MR) is 233 cm³/mol. The Morgan fingerprint density at radius 1 is 0.763 bits per heavy atom. The number of H-pyrrole nitrogens is 2. The molecule has 2 saturated heterocycles. The van der Waals surface area contributed by atoms with Gasteiger partial charge in [0.25, 0.3) is 5.91 Å². The number of benzene rings is 4. The van der Waals surface area contributed by atoms with E-state index in [-0.39, 0.29) is 71.3 Å². The molecule has 6 aromatic rings. The second kappa shape index (κ2) is 21.7. The number of hydrogen-bond acceptors (Lipinski definition) is 5. The van der Waals surface area contributed by atoms with Gasteiger partial charge in [0.15, 0.2) is 0 Å². The molecule has 15 heteroatoms. The van der Waals surface area contributed by atoms with E-state index in [0.29, 0.717) is 37.6 Å². The minimum Gasteiger partial charge on any atom is -0.478 e. The van der Waals surface area contributed by atoms with Crippen molar-refractivity contribution >= 4 is 65.2 Å². The Morgan fingerprint density at radius 2 is 1.24 bits per heavy atom. The van der Waals surface area contributed by atoms with Crippen molar-refractivity contribution in [3.05, 3.63) is 141 Å². The van der Waals surface area contributed by atoms with E-state index in [1.165, 1.54) is 29.8 Å². The van der Waals surface area contributed by atoms with E-state index < -0.39 is 5.97 Å². The topological polar surface area (TPSA) is 108 Å². The Bertz CT molecular complexity index is 2340. The zero-order chi connectivity index (χ0) is 43.5. The van der Waals surface area contributed by atoms with E-state index in [1.54, 1.807) is 24.4 Å². The largest absolute Gasteiger partial charge is 0.478 e. The van der Waals surface area contributed by atoms with Gasteiger partial charge in [0.2, 0.25) is 0 Å². The van der Waals surface area contributed by atoms with Gasteiger partial charge in [0.1, 0.15) is 11.6 Å². The summed E-state index contributed by atoms with van der Waals surface area (Å²) in [4.78, 5) is 36.6. The van der Waals surface area contributed by atoms with Crippen LogP contribution in [0.4, 0.5) is 8.78 Å². The van der Waals surface area contributed by atoms with Gasteiger partial charge in [-0.1, -0.05) is 47.5 Å². The number of hydrogen-bond donors (Lipinski definition) is 4. The third-order valence-electron chi connectivity index (χ3n) is 10.9. The van der Waals surface area contributed by atoms with Crippen LogP contribution in [0.3, 0.4) is 0 Å². The van der Waals surface area contributed by atoms with Gasteiger partial charge in [-0.3, -0.25) is 14.6 Å². The zero-order valence-corrected chi connectivity index (χ0v) is 39.2. The molecular formula is C44H50BCl2F2N6O3U. The second-order valence-corrected chi connectivity index (χ2v) is 15.6. The number of fused-ring (bicyclic) bond motifs is 2. The maximum Gasteiger partial charge on any atom is 0.337 e. The molecule has 4 heterocycles. The summed E-state index contributed by atoms with van der Waals surface area (Å²) in [7, 11) is 0.500. The van der Waals surface area contributed by atoms with Crippen LogP contribution < -0.4 is 5.32 Å². The second-order valence-electron chi connectivity index (χ2n) is 14.7. The molecule has 309 valence electrons. The molecule has 4 aromatic carbocycles.